The molecule has 1 fully saturated rings. The first-order chi connectivity index (χ1) is 13.1. The van der Waals surface area contributed by atoms with Gasteiger partial charge >= 0.3 is 5.97 Å². The molecule has 0 radical (unpaired) electrons. The highest BCUT2D eigenvalue weighted by Gasteiger charge is 2.63. The van der Waals surface area contributed by atoms with Crippen LogP contribution in [-0.4, -0.2) is 39.8 Å². The zero-order valence-corrected chi connectivity index (χ0v) is 17.3. The van der Waals surface area contributed by atoms with Crippen molar-refractivity contribution >= 4 is 64.2 Å². The molecular formula is C18H13Cl4NO5. The van der Waals surface area contributed by atoms with Crippen molar-refractivity contribution in [3.05, 3.63) is 51.0 Å². The monoisotopic (exact) mass is 463 g/mol. The first kappa shape index (κ1) is 21.0. The van der Waals surface area contributed by atoms with Crippen molar-refractivity contribution < 1.29 is 24.2 Å². The van der Waals surface area contributed by atoms with Gasteiger partial charge in [0.1, 0.15) is 5.75 Å². The maximum Gasteiger partial charge on any atom is 0.305 e. The number of likely N-dealkylation sites (tertiary alicyclic amines) is 1. The third-order valence-corrected chi connectivity index (χ3v) is 6.75. The van der Waals surface area contributed by atoms with Gasteiger partial charge in [0.2, 0.25) is 5.91 Å². The highest BCUT2D eigenvalue weighted by atomic mass is 35.5. The lowest BCUT2D eigenvalue weighted by Gasteiger charge is -2.28. The molecule has 1 heterocycles. The number of carbonyl (C=O) groups is 3. The predicted molar refractivity (Wildman–Crippen MR) is 105 cm³/mol. The molecule has 10 heteroatoms. The molecule has 2 amide bonds. The van der Waals surface area contributed by atoms with Crippen LogP contribution < -0.4 is 4.74 Å². The number of carboxylic acid groups (broad SMARTS) is 1. The Bertz CT molecular complexity index is 926. The zero-order valence-electron chi connectivity index (χ0n) is 14.3. The Labute approximate surface area is 180 Å². The first-order valence-corrected chi connectivity index (χ1v) is 9.49. The summed E-state index contributed by atoms with van der Waals surface area (Å²) in [6.45, 7) is 0. The lowest BCUT2D eigenvalue weighted by Crippen LogP contribution is -2.41. The second kappa shape index (κ2) is 7.59. The molecule has 0 aromatic heterocycles. The van der Waals surface area contributed by atoms with Crippen molar-refractivity contribution in [1.29, 1.82) is 0 Å². The zero-order chi connectivity index (χ0) is 20.8. The highest BCUT2D eigenvalue weighted by Crippen LogP contribution is 2.53. The number of rotatable bonds is 5. The Kier molecular flexibility index (Phi) is 5.69. The summed E-state index contributed by atoms with van der Waals surface area (Å²) in [5.74, 6) is -3.42. The van der Waals surface area contributed by atoms with Gasteiger partial charge in [-0.15, -0.1) is 11.6 Å². The normalized spacial score (nSPS) is 25.5. The summed E-state index contributed by atoms with van der Waals surface area (Å²) in [6.07, 6.45) is 0.741. The Morgan fingerprint density at radius 2 is 1.86 bits per heavy atom. The summed E-state index contributed by atoms with van der Waals surface area (Å²) in [7, 11) is 1.48. The number of aliphatic carboxylic acids is 1. The third-order valence-electron chi connectivity index (χ3n) is 4.68. The van der Waals surface area contributed by atoms with Crippen LogP contribution in [0.3, 0.4) is 0 Å². The number of alkyl halides is 1. The number of carboxylic acids is 1. The fourth-order valence-electron chi connectivity index (χ4n) is 3.27. The quantitative estimate of drug-likeness (QED) is 0.525. The third kappa shape index (κ3) is 3.18. The lowest BCUT2D eigenvalue weighted by atomic mass is 9.89. The van der Waals surface area contributed by atoms with Crippen molar-refractivity contribution in [1.82, 2.24) is 4.90 Å². The van der Waals surface area contributed by atoms with E-state index in [1.807, 2.05) is 0 Å². The summed E-state index contributed by atoms with van der Waals surface area (Å²) in [5, 5.41) is 8.94. The summed E-state index contributed by atoms with van der Waals surface area (Å²) >= 11 is 24.7. The van der Waals surface area contributed by atoms with E-state index in [0.717, 1.165) is 4.90 Å². The number of halogens is 4. The molecule has 3 atom stereocenters. The molecule has 1 aromatic rings. The number of hydrogen-bond donors (Lipinski definition) is 1. The Morgan fingerprint density at radius 3 is 2.39 bits per heavy atom. The number of hydrogen-bond acceptors (Lipinski definition) is 4. The van der Waals surface area contributed by atoms with E-state index in [1.54, 1.807) is 24.3 Å². The fourth-order valence-corrected chi connectivity index (χ4v) is 4.45. The minimum absolute atomic E-state index is 0.00447. The van der Waals surface area contributed by atoms with Gasteiger partial charge in [-0.3, -0.25) is 19.3 Å². The van der Waals surface area contributed by atoms with E-state index >= 15 is 0 Å². The SMILES string of the molecule is COc1ccc(C(CC(=O)O)N2C(=O)C3C=C(Cl)C(Cl)=C(Cl)C3(Cl)C2=O)cc1. The molecule has 1 aliphatic carbocycles. The summed E-state index contributed by atoms with van der Waals surface area (Å²) in [4.78, 5) is 36.5. The standard InChI is InChI=1S/C18H13Cl4NO5/c1-28-9-4-2-8(3-5-9)12(7-13(24)25)23-16(26)10-6-11(19)14(20)15(21)18(10,22)17(23)27/h2-6,10,12H,7H2,1H3,(H,24,25). The number of ether oxygens (including phenoxy) is 1. The van der Waals surface area contributed by atoms with Gasteiger partial charge in [0, 0.05) is 0 Å². The molecule has 148 valence electrons. The molecule has 1 saturated heterocycles. The predicted octanol–water partition coefficient (Wildman–Crippen LogP) is 4.00. The second-order valence-corrected chi connectivity index (χ2v) is 7.99. The largest absolute Gasteiger partial charge is 0.497 e. The van der Waals surface area contributed by atoms with Crippen LogP contribution in [0.1, 0.15) is 18.0 Å². The van der Waals surface area contributed by atoms with Gasteiger partial charge in [0.25, 0.3) is 5.91 Å². The first-order valence-electron chi connectivity index (χ1n) is 7.98. The molecule has 6 nitrogen and oxygen atoms in total. The minimum atomic E-state index is -1.96. The van der Waals surface area contributed by atoms with Gasteiger partial charge in [-0.2, -0.15) is 0 Å². The van der Waals surface area contributed by atoms with Crippen LogP contribution >= 0.6 is 46.4 Å². The number of benzene rings is 1. The van der Waals surface area contributed by atoms with E-state index in [4.69, 9.17) is 51.1 Å². The smallest absolute Gasteiger partial charge is 0.305 e. The van der Waals surface area contributed by atoms with Crippen molar-refractivity contribution in [3.63, 3.8) is 0 Å². The molecule has 3 rings (SSSR count). The highest BCUT2D eigenvalue weighted by molar-refractivity contribution is 6.56. The van der Waals surface area contributed by atoms with Gasteiger partial charge in [-0.1, -0.05) is 46.9 Å². The van der Waals surface area contributed by atoms with Crippen LogP contribution in [0.2, 0.25) is 0 Å². The van der Waals surface area contributed by atoms with Crippen molar-refractivity contribution in [2.24, 2.45) is 5.92 Å². The van der Waals surface area contributed by atoms with Gasteiger partial charge in [-0.25, -0.2) is 0 Å². The Morgan fingerprint density at radius 1 is 1.25 bits per heavy atom. The number of fused-ring (bicyclic) bond motifs is 1. The van der Waals surface area contributed by atoms with E-state index in [2.05, 4.69) is 0 Å². The van der Waals surface area contributed by atoms with Gasteiger partial charge in [0.05, 0.1) is 40.6 Å². The minimum Gasteiger partial charge on any atom is -0.497 e. The Hall–Kier alpha value is -1.73. The van der Waals surface area contributed by atoms with E-state index < -0.39 is 41.0 Å². The molecule has 0 saturated carbocycles. The molecule has 1 aliphatic heterocycles. The Balaban J connectivity index is 2.10. The second-order valence-electron chi connectivity index (χ2n) is 6.23. The molecule has 2 aliphatic rings. The molecule has 0 spiro atoms. The fraction of sp³-hybridized carbons (Fsp3) is 0.278. The number of amides is 2. The number of methoxy groups -OCH3 is 1. The molecule has 0 bridgehead atoms. The number of nitrogens with zero attached hydrogens (tertiary/aromatic N) is 1. The average Bonchev–Trinajstić information content (AvgIpc) is 2.86. The van der Waals surface area contributed by atoms with Crippen LogP contribution in [0.15, 0.2) is 45.4 Å². The van der Waals surface area contributed by atoms with Gasteiger partial charge < -0.3 is 9.84 Å². The molecule has 1 aromatic carbocycles. The lowest BCUT2D eigenvalue weighted by molar-refractivity contribution is -0.145. The number of imide groups is 1. The maximum absolute atomic E-state index is 13.2. The van der Waals surface area contributed by atoms with Crippen LogP contribution in [-0.2, 0) is 14.4 Å². The molecule has 28 heavy (non-hydrogen) atoms. The van der Waals surface area contributed by atoms with E-state index in [1.165, 1.54) is 13.2 Å². The van der Waals surface area contributed by atoms with Crippen LogP contribution in [0, 0.1) is 5.92 Å². The van der Waals surface area contributed by atoms with Crippen LogP contribution in [0.25, 0.3) is 0 Å². The average molecular weight is 465 g/mol. The summed E-state index contributed by atoms with van der Waals surface area (Å²) < 4.78 is 5.08. The van der Waals surface area contributed by atoms with Gasteiger partial charge in [-0.05, 0) is 23.8 Å². The van der Waals surface area contributed by atoms with Crippen molar-refractivity contribution in [3.8, 4) is 5.75 Å². The summed E-state index contributed by atoms with van der Waals surface area (Å²) in [5.41, 5.74) is 0.421. The maximum atomic E-state index is 13.2. The van der Waals surface area contributed by atoms with E-state index in [9.17, 15) is 19.5 Å². The number of carbonyl (C=O) groups excluding carboxylic acids is 2. The van der Waals surface area contributed by atoms with E-state index in [-0.39, 0.29) is 15.1 Å². The number of allylic oxidation sites excluding steroid dienone is 2. The molecular weight excluding hydrogens is 452 g/mol. The van der Waals surface area contributed by atoms with Crippen molar-refractivity contribution in [2.75, 3.05) is 7.11 Å². The summed E-state index contributed by atoms with van der Waals surface area (Å²) in [6, 6.07) is 5.24. The molecule has 1 N–H and O–H groups in total. The van der Waals surface area contributed by atoms with Crippen molar-refractivity contribution in [2.45, 2.75) is 17.3 Å². The van der Waals surface area contributed by atoms with Gasteiger partial charge in [0.15, 0.2) is 4.87 Å². The van der Waals surface area contributed by atoms with Crippen LogP contribution in [0.4, 0.5) is 0 Å². The molecule has 3 unspecified atom stereocenters. The van der Waals surface area contributed by atoms with E-state index in [0.29, 0.717) is 11.3 Å². The van der Waals surface area contributed by atoms with Crippen LogP contribution in [0.5, 0.6) is 5.75 Å². The topological polar surface area (TPSA) is 83.9 Å².